The average Bonchev–Trinajstić information content (AvgIpc) is 2.33. The summed E-state index contributed by atoms with van der Waals surface area (Å²) < 4.78 is 28.1. The molecule has 0 saturated heterocycles. The van der Waals surface area contributed by atoms with Crippen LogP contribution in [-0.4, -0.2) is 8.42 Å². The summed E-state index contributed by atoms with van der Waals surface area (Å²) in [5.74, 6) is 0. The van der Waals surface area contributed by atoms with Crippen molar-refractivity contribution >= 4 is 48.9 Å². The van der Waals surface area contributed by atoms with Crippen LogP contribution in [0.4, 0.5) is 11.4 Å². The number of benzene rings is 2. The molecule has 7 heteroatoms. The summed E-state index contributed by atoms with van der Waals surface area (Å²) in [6.45, 7) is 3.61. The lowest BCUT2D eigenvalue weighted by Gasteiger charge is -2.11. The second-order valence-corrected chi connectivity index (χ2v) is 7.75. The van der Waals surface area contributed by atoms with Crippen molar-refractivity contribution in [3.05, 3.63) is 51.0 Å². The third-order valence-corrected chi connectivity index (χ3v) is 5.17. The number of nitrogens with one attached hydrogen (secondary N) is 1. The minimum absolute atomic E-state index is 0.0354. The molecule has 4 nitrogen and oxygen atoms in total. The number of anilines is 2. The number of rotatable bonds is 3. The molecule has 0 amide bonds. The summed E-state index contributed by atoms with van der Waals surface area (Å²) in [6.07, 6.45) is 0. The SMILES string of the molecule is Cc1cc(Br)cc(NS(=O)(=O)c2cc(N)c(C)c(Cl)c2)c1. The van der Waals surface area contributed by atoms with Gasteiger partial charge in [-0.3, -0.25) is 4.72 Å². The molecule has 2 aromatic rings. The summed E-state index contributed by atoms with van der Waals surface area (Å²) in [5.41, 5.74) is 8.18. The molecular weight excluding hydrogens is 376 g/mol. The molecule has 112 valence electrons. The van der Waals surface area contributed by atoms with E-state index in [4.69, 9.17) is 17.3 Å². The van der Waals surface area contributed by atoms with Crippen LogP contribution in [0.25, 0.3) is 0 Å². The molecule has 3 N–H and O–H groups in total. The molecule has 0 aliphatic rings. The Kier molecular flexibility index (Phi) is 4.51. The summed E-state index contributed by atoms with van der Waals surface area (Å²) >= 11 is 9.33. The highest BCUT2D eigenvalue weighted by molar-refractivity contribution is 9.10. The molecule has 0 spiro atoms. The Labute approximate surface area is 137 Å². The quantitative estimate of drug-likeness (QED) is 0.776. The van der Waals surface area contributed by atoms with Crippen molar-refractivity contribution in [3.63, 3.8) is 0 Å². The molecule has 0 aromatic heterocycles. The average molecular weight is 390 g/mol. The van der Waals surface area contributed by atoms with Gasteiger partial charge < -0.3 is 5.73 Å². The maximum Gasteiger partial charge on any atom is 0.262 e. The Balaban J connectivity index is 2.43. The number of hydrogen-bond donors (Lipinski definition) is 2. The van der Waals surface area contributed by atoms with Gasteiger partial charge in [-0.15, -0.1) is 0 Å². The Morgan fingerprint density at radius 1 is 1.14 bits per heavy atom. The number of halogens is 2. The zero-order valence-electron chi connectivity index (χ0n) is 11.4. The molecule has 0 unspecified atom stereocenters. The predicted octanol–water partition coefficient (Wildman–Crippen LogP) is 4.10. The molecule has 2 aromatic carbocycles. The normalized spacial score (nSPS) is 11.4. The van der Waals surface area contributed by atoms with Crippen LogP contribution in [-0.2, 0) is 10.0 Å². The number of hydrogen-bond acceptors (Lipinski definition) is 3. The molecule has 0 atom stereocenters. The molecule has 21 heavy (non-hydrogen) atoms. The Bertz CT molecular complexity index is 763. The van der Waals surface area contributed by atoms with E-state index in [1.54, 1.807) is 19.1 Å². The summed E-state index contributed by atoms with van der Waals surface area (Å²) in [4.78, 5) is 0.0354. The van der Waals surface area contributed by atoms with Gasteiger partial charge in [0.2, 0.25) is 0 Å². The van der Waals surface area contributed by atoms with Crippen LogP contribution >= 0.6 is 27.5 Å². The fourth-order valence-corrected chi connectivity index (χ4v) is 3.84. The van der Waals surface area contributed by atoms with E-state index in [1.807, 2.05) is 13.0 Å². The van der Waals surface area contributed by atoms with E-state index in [0.717, 1.165) is 10.0 Å². The number of sulfonamides is 1. The van der Waals surface area contributed by atoms with Gasteiger partial charge in [0.1, 0.15) is 0 Å². The Hall–Kier alpha value is -1.24. The molecule has 0 radical (unpaired) electrons. The van der Waals surface area contributed by atoms with Crippen LogP contribution in [0.5, 0.6) is 0 Å². The van der Waals surface area contributed by atoms with Crippen molar-refractivity contribution < 1.29 is 8.42 Å². The van der Waals surface area contributed by atoms with Gasteiger partial charge in [0.15, 0.2) is 0 Å². The molecule has 0 saturated carbocycles. The highest BCUT2D eigenvalue weighted by atomic mass is 79.9. The zero-order chi connectivity index (χ0) is 15.8. The molecule has 0 fully saturated rings. The van der Waals surface area contributed by atoms with Gasteiger partial charge in [-0.25, -0.2) is 8.42 Å². The highest BCUT2D eigenvalue weighted by Gasteiger charge is 2.17. The first kappa shape index (κ1) is 16.1. The van der Waals surface area contributed by atoms with Crippen LogP contribution < -0.4 is 10.5 Å². The second kappa shape index (κ2) is 5.87. The van der Waals surface area contributed by atoms with Gasteiger partial charge >= 0.3 is 0 Å². The van der Waals surface area contributed by atoms with Gasteiger partial charge in [-0.1, -0.05) is 27.5 Å². The number of aryl methyl sites for hydroxylation is 1. The summed E-state index contributed by atoms with van der Waals surface area (Å²) in [6, 6.07) is 8.10. The van der Waals surface area contributed by atoms with Crippen molar-refractivity contribution in [1.82, 2.24) is 0 Å². The van der Waals surface area contributed by atoms with Gasteiger partial charge in [0.25, 0.3) is 10.0 Å². The molecule has 0 aliphatic heterocycles. The summed E-state index contributed by atoms with van der Waals surface area (Å²) in [5, 5.41) is 0.320. The third kappa shape index (κ3) is 3.70. The standard InChI is InChI=1S/C14H14BrClN2O2S/c1-8-3-10(15)5-11(4-8)18-21(19,20)12-6-13(16)9(2)14(17)7-12/h3-7,18H,17H2,1-2H3. The fourth-order valence-electron chi connectivity index (χ4n) is 1.84. The predicted molar refractivity (Wildman–Crippen MR) is 90.3 cm³/mol. The van der Waals surface area contributed by atoms with E-state index >= 15 is 0 Å². The third-order valence-electron chi connectivity index (χ3n) is 2.96. The van der Waals surface area contributed by atoms with E-state index < -0.39 is 10.0 Å². The smallest absolute Gasteiger partial charge is 0.262 e. The first-order valence-corrected chi connectivity index (χ1v) is 8.70. The van der Waals surface area contributed by atoms with Crippen LogP contribution in [0, 0.1) is 13.8 Å². The van der Waals surface area contributed by atoms with Crippen LogP contribution in [0.1, 0.15) is 11.1 Å². The molecular formula is C14H14BrClN2O2S. The lowest BCUT2D eigenvalue weighted by molar-refractivity contribution is 0.601. The lowest BCUT2D eigenvalue weighted by Crippen LogP contribution is -2.13. The van der Waals surface area contributed by atoms with Crippen LogP contribution in [0.15, 0.2) is 39.7 Å². The number of nitrogens with two attached hydrogens (primary N) is 1. The largest absolute Gasteiger partial charge is 0.398 e. The van der Waals surface area contributed by atoms with Gasteiger partial charge in [-0.2, -0.15) is 0 Å². The van der Waals surface area contributed by atoms with Crippen LogP contribution in [0.3, 0.4) is 0 Å². The van der Waals surface area contributed by atoms with Gasteiger partial charge in [0.05, 0.1) is 10.6 Å². The highest BCUT2D eigenvalue weighted by Crippen LogP contribution is 2.28. The first-order valence-electron chi connectivity index (χ1n) is 6.04. The van der Waals surface area contributed by atoms with E-state index in [1.165, 1.54) is 12.1 Å². The Morgan fingerprint density at radius 2 is 1.81 bits per heavy atom. The maximum atomic E-state index is 12.4. The fraction of sp³-hybridized carbons (Fsp3) is 0.143. The van der Waals surface area contributed by atoms with E-state index in [9.17, 15) is 8.42 Å². The van der Waals surface area contributed by atoms with E-state index in [0.29, 0.717) is 22.0 Å². The second-order valence-electron chi connectivity index (χ2n) is 4.74. The van der Waals surface area contributed by atoms with Crippen molar-refractivity contribution in [2.24, 2.45) is 0 Å². The van der Waals surface area contributed by atoms with Gasteiger partial charge in [-0.05, 0) is 55.3 Å². The lowest BCUT2D eigenvalue weighted by atomic mass is 10.2. The monoisotopic (exact) mass is 388 g/mol. The minimum atomic E-state index is -3.74. The first-order chi connectivity index (χ1) is 9.69. The van der Waals surface area contributed by atoms with E-state index in [2.05, 4.69) is 20.7 Å². The number of nitrogen functional groups attached to an aromatic ring is 1. The Morgan fingerprint density at radius 3 is 2.38 bits per heavy atom. The van der Waals surface area contributed by atoms with Crippen molar-refractivity contribution in [3.8, 4) is 0 Å². The van der Waals surface area contributed by atoms with Crippen LogP contribution in [0.2, 0.25) is 5.02 Å². The van der Waals surface area contributed by atoms with Crippen molar-refractivity contribution in [2.45, 2.75) is 18.7 Å². The molecule has 0 aliphatic carbocycles. The topological polar surface area (TPSA) is 72.2 Å². The van der Waals surface area contributed by atoms with E-state index in [-0.39, 0.29) is 4.90 Å². The van der Waals surface area contributed by atoms with Crippen molar-refractivity contribution in [2.75, 3.05) is 10.5 Å². The summed E-state index contributed by atoms with van der Waals surface area (Å²) in [7, 11) is -3.74. The molecule has 0 heterocycles. The van der Waals surface area contributed by atoms with Gasteiger partial charge in [0, 0.05) is 15.2 Å². The molecule has 2 rings (SSSR count). The zero-order valence-corrected chi connectivity index (χ0v) is 14.6. The maximum absolute atomic E-state index is 12.4. The van der Waals surface area contributed by atoms with Crippen molar-refractivity contribution in [1.29, 1.82) is 0 Å². The molecule has 0 bridgehead atoms. The minimum Gasteiger partial charge on any atom is -0.398 e.